The fourth-order valence-corrected chi connectivity index (χ4v) is 1.80. The summed E-state index contributed by atoms with van der Waals surface area (Å²) < 4.78 is 7.63. The van der Waals surface area contributed by atoms with Crippen LogP contribution in [0.4, 0.5) is 0 Å². The van der Waals surface area contributed by atoms with Gasteiger partial charge in [0.1, 0.15) is 5.75 Å². The molecule has 1 aromatic heterocycles. The molecule has 0 radical (unpaired) electrons. The lowest BCUT2D eigenvalue weighted by atomic mass is 10.2. The summed E-state index contributed by atoms with van der Waals surface area (Å²) in [5, 5.41) is 4.12. The van der Waals surface area contributed by atoms with Crippen LogP contribution in [-0.2, 0) is 13.5 Å². The molecule has 19 heavy (non-hydrogen) atoms. The second-order valence-corrected chi connectivity index (χ2v) is 4.24. The number of nitrogens with zero attached hydrogens (tertiary/aromatic N) is 2. The Balaban J connectivity index is 1.98. The normalized spacial score (nSPS) is 9.79. The highest BCUT2D eigenvalue weighted by molar-refractivity contribution is 6.19. The average molecular weight is 275 g/mol. The highest BCUT2D eigenvalue weighted by Crippen LogP contribution is 2.17. The molecule has 0 saturated carbocycles. The van der Waals surface area contributed by atoms with Crippen molar-refractivity contribution in [2.45, 2.75) is 6.42 Å². The van der Waals surface area contributed by atoms with Gasteiger partial charge in [-0.3, -0.25) is 4.68 Å². The summed E-state index contributed by atoms with van der Waals surface area (Å²) in [6.45, 7) is 0.596. The monoisotopic (exact) mass is 274 g/mol. The fraction of sp³-hybridized carbons (Fsp3) is 0.267. The molecule has 0 aliphatic rings. The van der Waals surface area contributed by atoms with Gasteiger partial charge >= 0.3 is 0 Å². The van der Waals surface area contributed by atoms with E-state index < -0.39 is 0 Å². The molecular weight excluding hydrogens is 260 g/mol. The molecule has 98 valence electrons. The third-order valence-electron chi connectivity index (χ3n) is 2.72. The van der Waals surface area contributed by atoms with Gasteiger partial charge in [0, 0.05) is 25.4 Å². The fourth-order valence-electron chi connectivity index (χ4n) is 1.74. The molecule has 0 aliphatic carbocycles. The van der Waals surface area contributed by atoms with E-state index in [0.29, 0.717) is 12.5 Å². The number of alkyl halides is 1. The first-order valence-corrected chi connectivity index (χ1v) is 6.58. The molecule has 1 aromatic carbocycles. The Kier molecular flexibility index (Phi) is 4.88. The Morgan fingerprint density at radius 2 is 2.16 bits per heavy atom. The predicted octanol–water partition coefficient (Wildman–Crippen LogP) is 2.63. The third-order valence-corrected chi connectivity index (χ3v) is 2.85. The molecule has 4 heteroatoms. The smallest absolute Gasteiger partial charge is 0.134 e. The number of rotatable bonds is 4. The summed E-state index contributed by atoms with van der Waals surface area (Å²) in [6, 6.07) is 9.71. The van der Waals surface area contributed by atoms with Crippen LogP contribution < -0.4 is 4.74 Å². The number of hydrogen-bond acceptors (Lipinski definition) is 2. The highest BCUT2D eigenvalue weighted by Gasteiger charge is 2.02. The van der Waals surface area contributed by atoms with E-state index in [4.69, 9.17) is 16.3 Å². The van der Waals surface area contributed by atoms with Crippen molar-refractivity contribution in [2.24, 2.45) is 7.05 Å². The highest BCUT2D eigenvalue weighted by atomic mass is 35.5. The van der Waals surface area contributed by atoms with Crippen molar-refractivity contribution in [2.75, 3.05) is 12.5 Å². The first kappa shape index (κ1) is 13.5. The molecule has 0 aliphatic heterocycles. The number of benzene rings is 1. The van der Waals surface area contributed by atoms with Gasteiger partial charge in [0.25, 0.3) is 0 Å². The second-order valence-electron chi connectivity index (χ2n) is 3.98. The molecule has 0 saturated heterocycles. The topological polar surface area (TPSA) is 27.1 Å². The van der Waals surface area contributed by atoms with Gasteiger partial charge in [-0.25, -0.2) is 0 Å². The van der Waals surface area contributed by atoms with Crippen LogP contribution in [0.3, 0.4) is 0 Å². The van der Waals surface area contributed by atoms with Gasteiger partial charge in [-0.05, 0) is 18.2 Å². The van der Waals surface area contributed by atoms with Gasteiger partial charge in [0.15, 0.2) is 0 Å². The van der Waals surface area contributed by atoms with Crippen LogP contribution in [0, 0.1) is 11.8 Å². The van der Waals surface area contributed by atoms with E-state index in [1.54, 1.807) is 6.20 Å². The van der Waals surface area contributed by atoms with E-state index in [9.17, 15) is 0 Å². The Labute approximate surface area is 118 Å². The van der Waals surface area contributed by atoms with Crippen molar-refractivity contribution in [1.29, 1.82) is 0 Å². The van der Waals surface area contributed by atoms with Gasteiger partial charge < -0.3 is 4.74 Å². The lowest BCUT2D eigenvalue weighted by Gasteiger charge is -2.08. The number of aryl methyl sites for hydroxylation is 1. The third kappa shape index (κ3) is 3.77. The summed E-state index contributed by atoms with van der Waals surface area (Å²) in [5.74, 6) is 6.95. The Hall–Kier alpha value is -1.92. The molecule has 0 atom stereocenters. The number of hydrogen-bond donors (Lipinski definition) is 0. The summed E-state index contributed by atoms with van der Waals surface area (Å²) in [7, 11) is 1.93. The summed E-state index contributed by atoms with van der Waals surface area (Å²) in [4.78, 5) is 0. The summed E-state index contributed by atoms with van der Waals surface area (Å²) in [5.41, 5.74) is 2.01. The van der Waals surface area contributed by atoms with Crippen LogP contribution in [0.25, 0.3) is 0 Å². The Morgan fingerprint density at radius 3 is 2.89 bits per heavy atom. The van der Waals surface area contributed by atoms with Crippen molar-refractivity contribution in [3.05, 3.63) is 47.8 Å². The minimum Gasteiger partial charge on any atom is -0.492 e. The molecule has 2 aromatic rings. The van der Waals surface area contributed by atoms with Crippen molar-refractivity contribution >= 4 is 11.6 Å². The molecule has 0 amide bonds. The lowest BCUT2D eigenvalue weighted by molar-refractivity contribution is 0.317. The molecule has 2 rings (SSSR count). The van der Waals surface area contributed by atoms with Gasteiger partial charge in [-0.2, -0.15) is 5.10 Å². The van der Waals surface area contributed by atoms with Crippen molar-refractivity contribution in [3.63, 3.8) is 0 Å². The average Bonchev–Trinajstić information content (AvgIpc) is 2.83. The number of para-hydroxylation sites is 1. The standard InChI is InChI=1S/C15H15ClN2O/c1-18-14(8-11-17-18)9-12-19-15-7-3-2-5-13(15)6-4-10-16/h2-3,5,7-8,11H,9-10,12H2,1H3. The largest absolute Gasteiger partial charge is 0.492 e. The van der Waals surface area contributed by atoms with E-state index in [2.05, 4.69) is 16.9 Å². The molecule has 3 nitrogen and oxygen atoms in total. The second kappa shape index (κ2) is 6.86. The molecule has 0 spiro atoms. The lowest BCUT2D eigenvalue weighted by Crippen LogP contribution is -2.06. The molecule has 0 bridgehead atoms. The minimum atomic E-state index is 0.323. The van der Waals surface area contributed by atoms with E-state index >= 15 is 0 Å². The van der Waals surface area contributed by atoms with Crippen LogP contribution in [0.2, 0.25) is 0 Å². The maximum absolute atomic E-state index is 5.78. The Morgan fingerprint density at radius 1 is 1.32 bits per heavy atom. The number of ether oxygens (including phenoxy) is 1. The van der Waals surface area contributed by atoms with Gasteiger partial charge in [-0.1, -0.05) is 24.0 Å². The molecule has 0 unspecified atom stereocenters. The molecular formula is C15H15ClN2O. The SMILES string of the molecule is Cn1nccc1CCOc1ccccc1C#CCCl. The first-order chi connectivity index (χ1) is 9.31. The molecule has 1 heterocycles. The maximum atomic E-state index is 5.78. The van der Waals surface area contributed by atoms with E-state index in [0.717, 1.165) is 23.4 Å². The van der Waals surface area contributed by atoms with E-state index in [1.165, 1.54) is 0 Å². The van der Waals surface area contributed by atoms with E-state index in [-0.39, 0.29) is 0 Å². The molecule has 0 fully saturated rings. The van der Waals surface area contributed by atoms with Crippen molar-refractivity contribution in [1.82, 2.24) is 9.78 Å². The van der Waals surface area contributed by atoms with Crippen molar-refractivity contribution < 1.29 is 4.74 Å². The van der Waals surface area contributed by atoms with Crippen LogP contribution in [0.5, 0.6) is 5.75 Å². The van der Waals surface area contributed by atoms with Crippen LogP contribution >= 0.6 is 11.6 Å². The zero-order valence-electron chi connectivity index (χ0n) is 10.8. The first-order valence-electron chi connectivity index (χ1n) is 6.05. The van der Waals surface area contributed by atoms with Crippen molar-refractivity contribution in [3.8, 4) is 17.6 Å². The predicted molar refractivity (Wildman–Crippen MR) is 76.4 cm³/mol. The van der Waals surface area contributed by atoms with Gasteiger partial charge in [0.05, 0.1) is 18.1 Å². The van der Waals surface area contributed by atoms with Crippen LogP contribution in [0.1, 0.15) is 11.3 Å². The van der Waals surface area contributed by atoms with E-state index in [1.807, 2.05) is 42.1 Å². The maximum Gasteiger partial charge on any atom is 0.134 e. The molecule has 0 N–H and O–H groups in total. The zero-order chi connectivity index (χ0) is 13.5. The minimum absolute atomic E-state index is 0.323. The zero-order valence-corrected chi connectivity index (χ0v) is 11.5. The number of halogens is 1. The van der Waals surface area contributed by atoms with Crippen LogP contribution in [0.15, 0.2) is 36.5 Å². The number of aromatic nitrogens is 2. The summed E-state index contributed by atoms with van der Waals surface area (Å²) >= 11 is 5.57. The van der Waals surface area contributed by atoms with Gasteiger partial charge in [-0.15, -0.1) is 11.6 Å². The Bertz CT molecular complexity index is 595. The quantitative estimate of drug-likeness (QED) is 0.633. The van der Waals surface area contributed by atoms with Gasteiger partial charge in [0.2, 0.25) is 0 Å². The van der Waals surface area contributed by atoms with Crippen LogP contribution in [-0.4, -0.2) is 22.3 Å². The summed E-state index contributed by atoms with van der Waals surface area (Å²) in [6.07, 6.45) is 2.60.